The third-order valence-corrected chi connectivity index (χ3v) is 3.17. The van der Waals surface area contributed by atoms with Gasteiger partial charge in [0.2, 0.25) is 5.91 Å². The number of β-amino-alcohol motifs (C(OH)–C–C–N with tert-alkyl or cyclic N) is 1. The van der Waals surface area contributed by atoms with Gasteiger partial charge in [-0.1, -0.05) is 30.3 Å². The van der Waals surface area contributed by atoms with Crippen LogP contribution in [0.3, 0.4) is 0 Å². The molecule has 0 saturated carbocycles. The van der Waals surface area contributed by atoms with Crippen LogP contribution in [-0.2, 0) is 4.79 Å². The third-order valence-electron chi connectivity index (χ3n) is 3.17. The van der Waals surface area contributed by atoms with E-state index in [9.17, 15) is 9.90 Å². The van der Waals surface area contributed by atoms with Crippen LogP contribution in [0.1, 0.15) is 31.4 Å². The maximum absolute atomic E-state index is 11.8. The van der Waals surface area contributed by atoms with E-state index in [1.165, 1.54) is 0 Å². The lowest BCUT2D eigenvalue weighted by molar-refractivity contribution is -0.139. The Morgan fingerprint density at radius 1 is 1.38 bits per heavy atom. The molecule has 3 heteroatoms. The minimum atomic E-state index is -0.371. The summed E-state index contributed by atoms with van der Waals surface area (Å²) in [6.07, 6.45) is 0.679. The fraction of sp³-hybridized carbons (Fsp3) is 0.462. The first-order chi connectivity index (χ1) is 7.68. The Hall–Kier alpha value is -1.35. The predicted molar refractivity (Wildman–Crippen MR) is 61.8 cm³/mol. The lowest BCUT2D eigenvalue weighted by atomic mass is 10.0. The normalized spacial score (nSPS) is 23.2. The molecular formula is C13H17NO2. The Balaban J connectivity index is 2.14. The Morgan fingerprint density at radius 3 is 2.75 bits per heavy atom. The fourth-order valence-corrected chi connectivity index (χ4v) is 2.14. The zero-order valence-corrected chi connectivity index (χ0v) is 9.47. The number of carbonyl (C=O) groups excluding carboxylic acids is 1. The molecule has 1 fully saturated rings. The van der Waals surface area contributed by atoms with Gasteiger partial charge in [0.15, 0.2) is 0 Å². The van der Waals surface area contributed by atoms with Gasteiger partial charge in [0.05, 0.1) is 12.1 Å². The smallest absolute Gasteiger partial charge is 0.223 e. The molecule has 3 nitrogen and oxygen atoms in total. The molecule has 1 amide bonds. The summed E-state index contributed by atoms with van der Waals surface area (Å²) in [6.45, 7) is 2.46. The van der Waals surface area contributed by atoms with E-state index in [1.807, 2.05) is 37.3 Å². The quantitative estimate of drug-likeness (QED) is 0.823. The van der Waals surface area contributed by atoms with E-state index < -0.39 is 0 Å². The van der Waals surface area contributed by atoms with Crippen LogP contribution in [0, 0.1) is 0 Å². The average Bonchev–Trinajstić information content (AvgIpc) is 2.32. The minimum Gasteiger partial charge on any atom is -0.391 e. The third kappa shape index (κ3) is 2.25. The first-order valence-corrected chi connectivity index (χ1v) is 5.71. The number of aliphatic hydroxyl groups excluding tert-OH is 1. The molecular weight excluding hydrogens is 202 g/mol. The molecule has 86 valence electrons. The molecule has 1 heterocycles. The molecule has 0 spiro atoms. The largest absolute Gasteiger partial charge is 0.391 e. The van der Waals surface area contributed by atoms with Gasteiger partial charge in [-0.05, 0) is 18.9 Å². The molecule has 0 aromatic heterocycles. The number of rotatable bonds is 2. The first-order valence-electron chi connectivity index (χ1n) is 5.71. The number of hydrogen-bond acceptors (Lipinski definition) is 2. The summed E-state index contributed by atoms with van der Waals surface area (Å²) < 4.78 is 0. The van der Waals surface area contributed by atoms with E-state index in [0.29, 0.717) is 19.4 Å². The van der Waals surface area contributed by atoms with E-state index in [2.05, 4.69) is 0 Å². The van der Waals surface area contributed by atoms with Crippen LogP contribution in [0.5, 0.6) is 0 Å². The Bertz CT molecular complexity index is 363. The van der Waals surface area contributed by atoms with E-state index >= 15 is 0 Å². The maximum atomic E-state index is 11.8. The van der Waals surface area contributed by atoms with Gasteiger partial charge < -0.3 is 10.0 Å². The highest BCUT2D eigenvalue weighted by atomic mass is 16.3. The minimum absolute atomic E-state index is 0.0450. The van der Waals surface area contributed by atoms with Crippen molar-refractivity contribution in [3.8, 4) is 0 Å². The van der Waals surface area contributed by atoms with Gasteiger partial charge in [-0.2, -0.15) is 0 Å². The summed E-state index contributed by atoms with van der Waals surface area (Å²) in [4.78, 5) is 13.5. The summed E-state index contributed by atoms with van der Waals surface area (Å²) in [6, 6.07) is 9.97. The van der Waals surface area contributed by atoms with Crippen LogP contribution >= 0.6 is 0 Å². The molecule has 1 aromatic rings. The van der Waals surface area contributed by atoms with E-state index in [1.54, 1.807) is 4.90 Å². The van der Waals surface area contributed by atoms with Crippen molar-refractivity contribution in [2.75, 3.05) is 6.54 Å². The molecule has 0 bridgehead atoms. The Morgan fingerprint density at radius 2 is 2.06 bits per heavy atom. The average molecular weight is 219 g/mol. The van der Waals surface area contributed by atoms with Crippen LogP contribution in [0.4, 0.5) is 0 Å². The zero-order chi connectivity index (χ0) is 11.5. The van der Waals surface area contributed by atoms with Crippen LogP contribution in [-0.4, -0.2) is 28.6 Å². The maximum Gasteiger partial charge on any atom is 0.223 e. The molecule has 1 N–H and O–H groups in total. The molecule has 1 aliphatic rings. The van der Waals surface area contributed by atoms with Gasteiger partial charge in [0.1, 0.15) is 0 Å². The predicted octanol–water partition coefficient (Wildman–Crippen LogP) is 1.73. The molecule has 2 unspecified atom stereocenters. The van der Waals surface area contributed by atoms with Crippen molar-refractivity contribution in [1.29, 1.82) is 0 Å². The van der Waals surface area contributed by atoms with Crippen LogP contribution in [0.15, 0.2) is 30.3 Å². The number of likely N-dealkylation sites (tertiary alicyclic amines) is 1. The second kappa shape index (κ2) is 4.66. The van der Waals surface area contributed by atoms with E-state index in [4.69, 9.17) is 0 Å². The highest BCUT2D eigenvalue weighted by Crippen LogP contribution is 2.24. The number of piperidine rings is 1. The lowest BCUT2D eigenvalue weighted by Crippen LogP contribution is -2.43. The highest BCUT2D eigenvalue weighted by molar-refractivity contribution is 5.77. The van der Waals surface area contributed by atoms with Crippen molar-refractivity contribution in [3.05, 3.63) is 35.9 Å². The lowest BCUT2D eigenvalue weighted by Gasteiger charge is -2.35. The molecule has 0 radical (unpaired) electrons. The van der Waals surface area contributed by atoms with Gasteiger partial charge in [-0.15, -0.1) is 0 Å². The second-order valence-electron chi connectivity index (χ2n) is 4.33. The fourth-order valence-electron chi connectivity index (χ4n) is 2.14. The summed E-state index contributed by atoms with van der Waals surface area (Å²) in [5.41, 5.74) is 1.12. The highest BCUT2D eigenvalue weighted by Gasteiger charge is 2.28. The Kier molecular flexibility index (Phi) is 3.25. The van der Waals surface area contributed by atoms with Crippen molar-refractivity contribution in [3.63, 3.8) is 0 Å². The summed E-state index contributed by atoms with van der Waals surface area (Å²) >= 11 is 0. The van der Waals surface area contributed by atoms with Crippen molar-refractivity contribution in [1.82, 2.24) is 4.90 Å². The molecule has 16 heavy (non-hydrogen) atoms. The van der Waals surface area contributed by atoms with Gasteiger partial charge >= 0.3 is 0 Å². The van der Waals surface area contributed by atoms with Gasteiger partial charge in [0.25, 0.3) is 0 Å². The zero-order valence-electron chi connectivity index (χ0n) is 9.47. The van der Waals surface area contributed by atoms with E-state index in [-0.39, 0.29) is 18.1 Å². The summed E-state index contributed by atoms with van der Waals surface area (Å²) in [5, 5.41) is 9.60. The molecule has 0 aliphatic carbocycles. The summed E-state index contributed by atoms with van der Waals surface area (Å²) in [7, 11) is 0. The van der Waals surface area contributed by atoms with Gasteiger partial charge in [-0.25, -0.2) is 0 Å². The topological polar surface area (TPSA) is 40.5 Å². The van der Waals surface area contributed by atoms with Crippen LogP contribution < -0.4 is 0 Å². The Labute approximate surface area is 95.7 Å². The van der Waals surface area contributed by atoms with Crippen molar-refractivity contribution in [2.45, 2.75) is 31.9 Å². The van der Waals surface area contributed by atoms with Crippen molar-refractivity contribution in [2.24, 2.45) is 0 Å². The number of hydrogen-bond donors (Lipinski definition) is 1. The number of aliphatic hydroxyl groups is 1. The van der Waals surface area contributed by atoms with Crippen molar-refractivity contribution < 1.29 is 9.90 Å². The molecule has 2 rings (SSSR count). The molecule has 2 atom stereocenters. The van der Waals surface area contributed by atoms with E-state index in [0.717, 1.165) is 5.56 Å². The number of carbonyl (C=O) groups is 1. The monoisotopic (exact) mass is 219 g/mol. The van der Waals surface area contributed by atoms with Crippen LogP contribution in [0.25, 0.3) is 0 Å². The first kappa shape index (κ1) is 11.1. The number of nitrogens with zero attached hydrogens (tertiary/aromatic N) is 1. The molecule has 1 aromatic carbocycles. The molecule has 1 aliphatic heterocycles. The second-order valence-corrected chi connectivity index (χ2v) is 4.33. The molecule has 1 saturated heterocycles. The number of benzene rings is 1. The number of amides is 1. The standard InChI is InChI=1S/C13H17NO2/c1-10(11-5-3-2-4-6-11)14-9-12(15)7-8-13(14)16/h2-6,10,12,15H,7-9H2,1H3. The summed E-state index contributed by atoms with van der Waals surface area (Å²) in [5.74, 6) is 0.140. The van der Waals surface area contributed by atoms with Gasteiger partial charge in [0, 0.05) is 13.0 Å². The van der Waals surface area contributed by atoms with Crippen molar-refractivity contribution >= 4 is 5.91 Å². The van der Waals surface area contributed by atoms with Crippen LogP contribution in [0.2, 0.25) is 0 Å². The SMILES string of the molecule is CC(c1ccccc1)N1CC(O)CCC1=O. The van der Waals surface area contributed by atoms with Gasteiger partial charge in [-0.3, -0.25) is 4.79 Å².